The number of nitrogens with zero attached hydrogens (tertiary/aromatic N) is 2. The number of ether oxygens (including phenoxy) is 1. The lowest BCUT2D eigenvalue weighted by atomic mass is 10.2. The molecule has 0 N–H and O–H groups in total. The summed E-state index contributed by atoms with van der Waals surface area (Å²) in [5.74, 6) is -0.554. The maximum absolute atomic E-state index is 12.2. The van der Waals surface area contributed by atoms with Crippen LogP contribution in [-0.2, 0) is 11.3 Å². The lowest BCUT2D eigenvalue weighted by Gasteiger charge is -2.08. The molecule has 3 aromatic rings. The molecule has 1 aromatic carbocycles. The molecular weight excluding hydrogens is 316 g/mol. The molecule has 0 spiro atoms. The Balaban J connectivity index is 1.84. The molecule has 0 aliphatic rings. The van der Waals surface area contributed by atoms with E-state index in [1.807, 2.05) is 19.1 Å². The Hall–Kier alpha value is -2.66. The van der Waals surface area contributed by atoms with Gasteiger partial charge in [0.2, 0.25) is 0 Å². The maximum atomic E-state index is 12.2. The van der Waals surface area contributed by atoms with Gasteiger partial charge in [0.1, 0.15) is 12.3 Å². The Labute approximate surface area is 137 Å². The number of aryl methyl sites for hydroxylation is 1. The second-order valence-corrected chi connectivity index (χ2v) is 5.41. The van der Waals surface area contributed by atoms with Gasteiger partial charge < -0.3 is 4.74 Å². The summed E-state index contributed by atoms with van der Waals surface area (Å²) in [6, 6.07) is 13.4. The summed E-state index contributed by atoms with van der Waals surface area (Å²) < 4.78 is 6.69. The minimum absolute atomic E-state index is 0.0935. The summed E-state index contributed by atoms with van der Waals surface area (Å²) in [5, 5.41) is 0.319. The Kier molecular flexibility index (Phi) is 4.12. The van der Waals surface area contributed by atoms with Gasteiger partial charge in [-0.15, -0.1) is 0 Å². The first-order chi connectivity index (χ1) is 11.1. The van der Waals surface area contributed by atoms with Crippen LogP contribution in [0.5, 0.6) is 0 Å². The number of carbonyl (C=O) groups is 1. The van der Waals surface area contributed by atoms with Crippen LogP contribution in [0.15, 0.2) is 53.3 Å². The Morgan fingerprint density at radius 2 is 2.00 bits per heavy atom. The molecule has 0 amide bonds. The average molecular weight is 329 g/mol. The number of benzene rings is 1. The SMILES string of the molecule is Cc1cccc2nc(COC(=O)c3ccccc3Cl)cc(=O)n12. The monoisotopic (exact) mass is 328 g/mol. The van der Waals surface area contributed by atoms with Crippen molar-refractivity contribution in [1.29, 1.82) is 0 Å². The van der Waals surface area contributed by atoms with Crippen LogP contribution in [-0.4, -0.2) is 15.4 Å². The quantitative estimate of drug-likeness (QED) is 0.693. The van der Waals surface area contributed by atoms with Crippen molar-refractivity contribution in [1.82, 2.24) is 9.38 Å². The van der Waals surface area contributed by atoms with Gasteiger partial charge in [-0.3, -0.25) is 9.20 Å². The van der Waals surface area contributed by atoms with Crippen LogP contribution in [0, 0.1) is 6.92 Å². The van der Waals surface area contributed by atoms with E-state index in [0.717, 1.165) is 5.69 Å². The smallest absolute Gasteiger partial charge is 0.340 e. The standard InChI is InChI=1S/C17H13ClN2O3/c1-11-5-4-8-15-19-12(9-16(21)20(11)15)10-23-17(22)13-6-2-3-7-14(13)18/h2-9H,10H2,1H3. The van der Waals surface area contributed by atoms with Gasteiger partial charge in [-0.05, 0) is 31.2 Å². The second kappa shape index (κ2) is 6.22. The molecule has 116 valence electrons. The fraction of sp³-hybridized carbons (Fsp3) is 0.118. The van der Waals surface area contributed by atoms with Crippen LogP contribution < -0.4 is 5.56 Å². The van der Waals surface area contributed by atoms with Crippen LogP contribution in [0.4, 0.5) is 0 Å². The van der Waals surface area contributed by atoms with Crippen LogP contribution in [0.3, 0.4) is 0 Å². The minimum Gasteiger partial charge on any atom is -0.456 e. The van der Waals surface area contributed by atoms with Gasteiger partial charge >= 0.3 is 5.97 Å². The zero-order valence-corrected chi connectivity index (χ0v) is 13.1. The predicted molar refractivity (Wildman–Crippen MR) is 86.8 cm³/mol. The normalized spacial score (nSPS) is 10.7. The highest BCUT2D eigenvalue weighted by atomic mass is 35.5. The van der Waals surface area contributed by atoms with Crippen LogP contribution >= 0.6 is 11.6 Å². The zero-order chi connectivity index (χ0) is 16.4. The van der Waals surface area contributed by atoms with Crippen molar-refractivity contribution in [3.8, 4) is 0 Å². The molecule has 2 heterocycles. The van der Waals surface area contributed by atoms with E-state index in [4.69, 9.17) is 16.3 Å². The first-order valence-corrected chi connectivity index (χ1v) is 7.34. The minimum atomic E-state index is -0.554. The number of halogens is 1. The van der Waals surface area contributed by atoms with Crippen molar-refractivity contribution >= 4 is 23.2 Å². The van der Waals surface area contributed by atoms with Gasteiger partial charge in [0.25, 0.3) is 5.56 Å². The Morgan fingerprint density at radius 3 is 2.78 bits per heavy atom. The van der Waals surface area contributed by atoms with E-state index in [2.05, 4.69) is 4.98 Å². The summed E-state index contributed by atoms with van der Waals surface area (Å²) in [5.41, 5.74) is 1.77. The molecule has 0 saturated carbocycles. The van der Waals surface area contributed by atoms with E-state index in [-0.39, 0.29) is 17.7 Å². The third kappa shape index (κ3) is 3.10. The third-order valence-corrected chi connectivity index (χ3v) is 3.71. The molecule has 0 aliphatic heterocycles. The van der Waals surface area contributed by atoms with Crippen molar-refractivity contribution in [2.45, 2.75) is 13.5 Å². The first-order valence-electron chi connectivity index (χ1n) is 6.96. The first kappa shape index (κ1) is 15.2. The average Bonchev–Trinajstić information content (AvgIpc) is 2.53. The van der Waals surface area contributed by atoms with Gasteiger partial charge in [-0.25, -0.2) is 9.78 Å². The highest BCUT2D eigenvalue weighted by molar-refractivity contribution is 6.33. The molecule has 0 unspecified atom stereocenters. The van der Waals surface area contributed by atoms with E-state index in [1.165, 1.54) is 10.5 Å². The molecule has 2 aromatic heterocycles. The van der Waals surface area contributed by atoms with Gasteiger partial charge in [-0.1, -0.05) is 29.8 Å². The van der Waals surface area contributed by atoms with E-state index in [1.54, 1.807) is 30.3 Å². The van der Waals surface area contributed by atoms with Gasteiger partial charge in [0.15, 0.2) is 0 Å². The molecule has 6 heteroatoms. The summed E-state index contributed by atoms with van der Waals surface area (Å²) in [6.07, 6.45) is 0. The lowest BCUT2D eigenvalue weighted by Crippen LogP contribution is -2.18. The molecule has 23 heavy (non-hydrogen) atoms. The Morgan fingerprint density at radius 1 is 1.22 bits per heavy atom. The number of hydrogen-bond donors (Lipinski definition) is 0. The molecule has 0 bridgehead atoms. The lowest BCUT2D eigenvalue weighted by molar-refractivity contribution is 0.0468. The molecule has 0 saturated heterocycles. The molecule has 0 atom stereocenters. The second-order valence-electron chi connectivity index (χ2n) is 5.00. The van der Waals surface area contributed by atoms with Gasteiger partial charge in [0.05, 0.1) is 16.3 Å². The van der Waals surface area contributed by atoms with Crippen molar-refractivity contribution in [2.24, 2.45) is 0 Å². The topological polar surface area (TPSA) is 60.7 Å². The fourth-order valence-electron chi connectivity index (χ4n) is 2.28. The molecule has 3 rings (SSSR count). The van der Waals surface area contributed by atoms with Crippen LogP contribution in [0.1, 0.15) is 21.7 Å². The molecule has 0 fully saturated rings. The number of aromatic nitrogens is 2. The van der Waals surface area contributed by atoms with E-state index >= 15 is 0 Å². The summed E-state index contributed by atoms with van der Waals surface area (Å²) in [6.45, 7) is 1.73. The predicted octanol–water partition coefficient (Wildman–Crippen LogP) is 3.01. The zero-order valence-electron chi connectivity index (χ0n) is 12.3. The van der Waals surface area contributed by atoms with Crippen molar-refractivity contribution < 1.29 is 9.53 Å². The van der Waals surface area contributed by atoms with Crippen molar-refractivity contribution in [2.75, 3.05) is 0 Å². The van der Waals surface area contributed by atoms with E-state index in [0.29, 0.717) is 16.4 Å². The highest BCUT2D eigenvalue weighted by Gasteiger charge is 2.12. The number of carbonyl (C=O) groups excluding carboxylic acids is 1. The molecule has 5 nitrogen and oxygen atoms in total. The number of pyridine rings is 1. The number of fused-ring (bicyclic) bond motifs is 1. The van der Waals surface area contributed by atoms with Crippen molar-refractivity contribution in [3.05, 3.63) is 80.9 Å². The summed E-state index contributed by atoms with van der Waals surface area (Å²) in [7, 11) is 0. The van der Waals surface area contributed by atoms with Gasteiger partial charge in [0, 0.05) is 11.8 Å². The largest absolute Gasteiger partial charge is 0.456 e. The van der Waals surface area contributed by atoms with Gasteiger partial charge in [-0.2, -0.15) is 0 Å². The van der Waals surface area contributed by atoms with E-state index < -0.39 is 5.97 Å². The Bertz CT molecular complexity index is 950. The summed E-state index contributed by atoms with van der Waals surface area (Å²) >= 11 is 5.95. The third-order valence-electron chi connectivity index (χ3n) is 3.38. The number of rotatable bonds is 3. The number of hydrogen-bond acceptors (Lipinski definition) is 4. The summed E-state index contributed by atoms with van der Waals surface area (Å²) in [4.78, 5) is 28.5. The highest BCUT2D eigenvalue weighted by Crippen LogP contribution is 2.16. The van der Waals surface area contributed by atoms with Crippen LogP contribution in [0.25, 0.3) is 5.65 Å². The van der Waals surface area contributed by atoms with Crippen LogP contribution in [0.2, 0.25) is 5.02 Å². The molecular formula is C17H13ClN2O3. The maximum Gasteiger partial charge on any atom is 0.340 e. The van der Waals surface area contributed by atoms with Crippen molar-refractivity contribution in [3.63, 3.8) is 0 Å². The number of esters is 1. The molecule has 0 radical (unpaired) electrons. The molecule has 0 aliphatic carbocycles. The van der Waals surface area contributed by atoms with E-state index in [9.17, 15) is 9.59 Å². The fourth-order valence-corrected chi connectivity index (χ4v) is 2.49.